The highest BCUT2D eigenvalue weighted by Gasteiger charge is 2.09. The topological polar surface area (TPSA) is 56.2 Å². The molecule has 4 heteroatoms. The summed E-state index contributed by atoms with van der Waals surface area (Å²) in [4.78, 5) is 11.8. The first-order valence-corrected chi connectivity index (χ1v) is 5.14. The quantitative estimate of drug-likeness (QED) is 0.657. The van der Waals surface area contributed by atoms with Crippen LogP contribution in [0, 0.1) is 0 Å². The van der Waals surface area contributed by atoms with Crippen LogP contribution in [0.1, 0.15) is 15.9 Å². The first-order chi connectivity index (χ1) is 7.66. The zero-order chi connectivity index (χ0) is 11.5. The van der Waals surface area contributed by atoms with Gasteiger partial charge in [-0.05, 0) is 29.8 Å². The molecule has 1 aromatic carbocycles. The molecule has 0 radical (unpaired) electrons. The van der Waals surface area contributed by atoms with E-state index < -0.39 is 0 Å². The average Bonchev–Trinajstić information content (AvgIpc) is 2.74. The smallest absolute Gasteiger partial charge is 0.167 e. The van der Waals surface area contributed by atoms with Gasteiger partial charge in [0.15, 0.2) is 5.78 Å². The predicted octanol–water partition coefficient (Wildman–Crippen LogP) is 2.94. The minimum absolute atomic E-state index is 0.0108. The van der Waals surface area contributed by atoms with E-state index in [2.05, 4.69) is 0 Å². The molecule has 0 saturated heterocycles. The van der Waals surface area contributed by atoms with Crippen LogP contribution in [0.15, 0.2) is 41.2 Å². The van der Waals surface area contributed by atoms with E-state index in [1.54, 1.807) is 36.8 Å². The van der Waals surface area contributed by atoms with Crippen LogP contribution in [0.3, 0.4) is 0 Å². The number of furan rings is 1. The van der Waals surface area contributed by atoms with Crippen LogP contribution >= 0.6 is 11.6 Å². The molecule has 0 aliphatic carbocycles. The monoisotopic (exact) mass is 235 g/mol. The normalized spacial score (nSPS) is 10.3. The number of hydrogen-bond donors (Lipinski definition) is 1. The number of carbonyl (C=O) groups excluding carboxylic acids is 1. The summed E-state index contributed by atoms with van der Waals surface area (Å²) < 4.78 is 4.90. The molecule has 1 aromatic heterocycles. The van der Waals surface area contributed by atoms with Crippen molar-refractivity contribution in [1.29, 1.82) is 0 Å². The molecule has 0 unspecified atom stereocenters. The van der Waals surface area contributed by atoms with Crippen molar-refractivity contribution in [2.45, 2.75) is 6.42 Å². The Bertz CT molecular complexity index is 506. The summed E-state index contributed by atoms with van der Waals surface area (Å²) in [6.45, 7) is 0. The predicted molar refractivity (Wildman–Crippen MR) is 62.6 cm³/mol. The number of carbonyl (C=O) groups is 1. The summed E-state index contributed by atoms with van der Waals surface area (Å²) in [5.41, 5.74) is 7.44. The van der Waals surface area contributed by atoms with Crippen LogP contribution in [0.5, 0.6) is 0 Å². The largest absolute Gasteiger partial charge is 0.472 e. The van der Waals surface area contributed by atoms with Crippen LogP contribution < -0.4 is 5.73 Å². The molecule has 0 bridgehead atoms. The van der Waals surface area contributed by atoms with Gasteiger partial charge in [0.05, 0.1) is 23.2 Å². The van der Waals surface area contributed by atoms with Crippen molar-refractivity contribution < 1.29 is 9.21 Å². The van der Waals surface area contributed by atoms with Crippen molar-refractivity contribution >= 4 is 23.1 Å². The van der Waals surface area contributed by atoms with Crippen LogP contribution in [0.4, 0.5) is 5.69 Å². The van der Waals surface area contributed by atoms with E-state index in [4.69, 9.17) is 21.8 Å². The Balaban J connectivity index is 2.18. The van der Waals surface area contributed by atoms with Gasteiger partial charge in [-0.25, -0.2) is 0 Å². The maximum atomic E-state index is 11.8. The lowest BCUT2D eigenvalue weighted by Crippen LogP contribution is -2.03. The minimum atomic E-state index is -0.0108. The van der Waals surface area contributed by atoms with Crippen molar-refractivity contribution in [3.63, 3.8) is 0 Å². The number of hydrogen-bond acceptors (Lipinski definition) is 3. The lowest BCUT2D eigenvalue weighted by Gasteiger charge is -2.02. The van der Waals surface area contributed by atoms with Crippen molar-refractivity contribution in [3.05, 3.63) is 52.9 Å². The highest BCUT2D eigenvalue weighted by Crippen LogP contribution is 2.20. The van der Waals surface area contributed by atoms with E-state index in [1.165, 1.54) is 0 Å². The number of benzene rings is 1. The number of ketones is 1. The Hall–Kier alpha value is -1.74. The second-order valence-corrected chi connectivity index (χ2v) is 3.88. The molecule has 16 heavy (non-hydrogen) atoms. The van der Waals surface area contributed by atoms with Gasteiger partial charge in [-0.3, -0.25) is 4.79 Å². The maximum Gasteiger partial charge on any atom is 0.167 e. The number of nitrogens with two attached hydrogens (primary N) is 1. The Kier molecular flexibility index (Phi) is 2.97. The second-order valence-electron chi connectivity index (χ2n) is 3.47. The minimum Gasteiger partial charge on any atom is -0.472 e. The molecule has 0 amide bonds. The first-order valence-electron chi connectivity index (χ1n) is 4.76. The summed E-state index contributed by atoms with van der Waals surface area (Å²) in [6.07, 6.45) is 3.39. The standard InChI is InChI=1S/C12H10ClNO2/c13-10-6-9(1-2-11(10)14)12(15)5-8-3-4-16-7-8/h1-4,6-7H,5,14H2. The Morgan fingerprint density at radius 1 is 1.38 bits per heavy atom. The van der Waals surface area contributed by atoms with Crippen molar-refractivity contribution in [1.82, 2.24) is 0 Å². The van der Waals surface area contributed by atoms with E-state index in [1.807, 2.05) is 0 Å². The van der Waals surface area contributed by atoms with Gasteiger partial charge in [-0.2, -0.15) is 0 Å². The number of Topliss-reactive ketones (excluding diaryl/α,β-unsaturated/α-hetero) is 1. The second kappa shape index (κ2) is 4.41. The molecule has 2 N–H and O–H groups in total. The average molecular weight is 236 g/mol. The van der Waals surface area contributed by atoms with Crippen LogP contribution in [-0.4, -0.2) is 5.78 Å². The van der Waals surface area contributed by atoms with Gasteiger partial charge in [0.1, 0.15) is 0 Å². The fourth-order valence-corrected chi connectivity index (χ4v) is 1.56. The van der Waals surface area contributed by atoms with E-state index in [9.17, 15) is 4.79 Å². The summed E-state index contributed by atoms with van der Waals surface area (Å²) in [5.74, 6) is -0.0108. The first kappa shape index (κ1) is 10.8. The molecule has 0 aliphatic heterocycles. The summed E-state index contributed by atoms with van der Waals surface area (Å²) in [7, 11) is 0. The summed E-state index contributed by atoms with van der Waals surface area (Å²) in [5, 5.41) is 0.401. The van der Waals surface area contributed by atoms with Crippen LogP contribution in [0.2, 0.25) is 5.02 Å². The molecule has 0 saturated carbocycles. The lowest BCUT2D eigenvalue weighted by atomic mass is 10.0. The molecule has 2 rings (SSSR count). The van der Waals surface area contributed by atoms with Gasteiger partial charge in [-0.1, -0.05) is 11.6 Å². The van der Waals surface area contributed by atoms with E-state index >= 15 is 0 Å². The van der Waals surface area contributed by atoms with Gasteiger partial charge in [0.25, 0.3) is 0 Å². The molecule has 82 valence electrons. The molecule has 3 nitrogen and oxygen atoms in total. The molecule has 1 heterocycles. The Morgan fingerprint density at radius 2 is 2.19 bits per heavy atom. The fourth-order valence-electron chi connectivity index (χ4n) is 1.38. The van der Waals surface area contributed by atoms with Gasteiger partial charge in [0.2, 0.25) is 0 Å². The van der Waals surface area contributed by atoms with E-state index in [-0.39, 0.29) is 5.78 Å². The number of nitrogen functional groups attached to an aromatic ring is 1. The maximum absolute atomic E-state index is 11.8. The summed E-state index contributed by atoms with van der Waals surface area (Å²) in [6, 6.07) is 6.64. The van der Waals surface area contributed by atoms with Crippen molar-refractivity contribution in [2.75, 3.05) is 5.73 Å². The van der Waals surface area contributed by atoms with Gasteiger partial charge in [0, 0.05) is 12.0 Å². The highest BCUT2D eigenvalue weighted by atomic mass is 35.5. The zero-order valence-corrected chi connectivity index (χ0v) is 9.20. The molecule has 0 fully saturated rings. The van der Waals surface area contributed by atoms with Gasteiger partial charge in [-0.15, -0.1) is 0 Å². The third-order valence-electron chi connectivity index (χ3n) is 2.27. The third-order valence-corrected chi connectivity index (χ3v) is 2.59. The Morgan fingerprint density at radius 3 is 2.81 bits per heavy atom. The number of halogens is 1. The summed E-state index contributed by atoms with van der Waals surface area (Å²) >= 11 is 5.84. The molecule has 0 atom stereocenters. The van der Waals surface area contributed by atoms with Crippen molar-refractivity contribution in [2.24, 2.45) is 0 Å². The molecular formula is C12H10ClNO2. The van der Waals surface area contributed by atoms with Crippen molar-refractivity contribution in [3.8, 4) is 0 Å². The van der Waals surface area contributed by atoms with Gasteiger partial charge < -0.3 is 10.2 Å². The molecule has 0 spiro atoms. The zero-order valence-electron chi connectivity index (χ0n) is 8.44. The number of anilines is 1. The van der Waals surface area contributed by atoms with E-state index in [0.717, 1.165) is 5.56 Å². The highest BCUT2D eigenvalue weighted by molar-refractivity contribution is 6.33. The fraction of sp³-hybridized carbons (Fsp3) is 0.0833. The molecule has 2 aromatic rings. The van der Waals surface area contributed by atoms with E-state index in [0.29, 0.717) is 22.7 Å². The molecule has 0 aliphatic rings. The SMILES string of the molecule is Nc1ccc(C(=O)Cc2ccoc2)cc1Cl. The third kappa shape index (κ3) is 2.25. The Labute approximate surface area is 97.8 Å². The lowest BCUT2D eigenvalue weighted by molar-refractivity contribution is 0.0993. The van der Waals surface area contributed by atoms with Crippen LogP contribution in [-0.2, 0) is 6.42 Å². The number of rotatable bonds is 3. The van der Waals surface area contributed by atoms with Gasteiger partial charge >= 0.3 is 0 Å². The molecular weight excluding hydrogens is 226 g/mol. The van der Waals surface area contributed by atoms with Crippen LogP contribution in [0.25, 0.3) is 0 Å².